The van der Waals surface area contributed by atoms with Gasteiger partial charge >= 0.3 is 0 Å². The molecule has 0 aromatic carbocycles. The van der Waals surface area contributed by atoms with Gasteiger partial charge in [-0.15, -0.1) is 0 Å². The third-order valence-corrected chi connectivity index (χ3v) is 8.53. The van der Waals surface area contributed by atoms with Gasteiger partial charge in [0.1, 0.15) is 0 Å². The summed E-state index contributed by atoms with van der Waals surface area (Å²) in [5.74, 6) is 5.52. The molecule has 2 atom stereocenters. The second-order valence-corrected chi connectivity index (χ2v) is 10.3. The molecule has 1 N–H and O–H groups in total. The molecule has 7 heteroatoms. The molecule has 0 aromatic heterocycles. The molecular weight excluding hydrogens is 364 g/mol. The molecule has 3 rings (SSSR count). The van der Waals surface area contributed by atoms with E-state index >= 15 is 0 Å². The van der Waals surface area contributed by atoms with Gasteiger partial charge in [0.05, 0.1) is 25.3 Å². The first-order valence-corrected chi connectivity index (χ1v) is 12.4. The van der Waals surface area contributed by atoms with Gasteiger partial charge in [-0.1, -0.05) is 13.8 Å². The number of nitrogens with one attached hydrogen (secondary N) is 1. The van der Waals surface area contributed by atoms with E-state index in [1.165, 1.54) is 23.7 Å². The van der Waals surface area contributed by atoms with Crippen molar-refractivity contribution in [1.29, 1.82) is 0 Å². The Morgan fingerprint density at radius 2 is 2.08 bits per heavy atom. The Kier molecular flexibility index (Phi) is 7.85. The molecule has 0 aliphatic carbocycles. The number of thioether (sulfide) groups is 2. The van der Waals surface area contributed by atoms with Crippen LogP contribution in [0.2, 0.25) is 0 Å². The van der Waals surface area contributed by atoms with Gasteiger partial charge in [0, 0.05) is 49.5 Å². The number of nitrogens with zero attached hydrogens (tertiary/aromatic N) is 3. The zero-order valence-corrected chi connectivity index (χ0v) is 18.3. The van der Waals surface area contributed by atoms with E-state index in [0.717, 1.165) is 64.4 Å². The molecule has 0 bridgehead atoms. The molecule has 3 aliphatic rings. The van der Waals surface area contributed by atoms with Crippen molar-refractivity contribution in [2.24, 2.45) is 10.9 Å². The zero-order valence-electron chi connectivity index (χ0n) is 16.7. The summed E-state index contributed by atoms with van der Waals surface area (Å²) in [7, 11) is 0. The monoisotopic (exact) mass is 400 g/mol. The summed E-state index contributed by atoms with van der Waals surface area (Å²) in [5, 5.41) is 4.28. The lowest BCUT2D eigenvalue weighted by atomic mass is 9.96. The fourth-order valence-corrected chi connectivity index (χ4v) is 6.79. The quantitative estimate of drug-likeness (QED) is 0.564. The van der Waals surface area contributed by atoms with Crippen molar-refractivity contribution in [2.75, 3.05) is 69.7 Å². The minimum atomic E-state index is 0.233. The molecule has 150 valence electrons. The average molecular weight is 401 g/mol. The molecule has 0 radical (unpaired) electrons. The molecule has 0 spiro atoms. The Bertz CT molecular complexity index is 462. The average Bonchev–Trinajstić information content (AvgIpc) is 3.16. The smallest absolute Gasteiger partial charge is 0.194 e. The lowest BCUT2D eigenvalue weighted by Gasteiger charge is -2.42. The molecular formula is C19H36N4OS2. The Balaban J connectivity index is 1.70. The lowest BCUT2D eigenvalue weighted by molar-refractivity contribution is -0.0105. The second kappa shape index (κ2) is 9.89. The van der Waals surface area contributed by atoms with Crippen molar-refractivity contribution in [3.8, 4) is 0 Å². The van der Waals surface area contributed by atoms with Crippen LogP contribution in [0.3, 0.4) is 0 Å². The fourth-order valence-electron chi connectivity index (χ4n) is 4.03. The predicted octanol–water partition coefficient (Wildman–Crippen LogP) is 2.23. The van der Waals surface area contributed by atoms with Crippen molar-refractivity contribution in [3.05, 3.63) is 0 Å². The Morgan fingerprint density at radius 1 is 1.27 bits per heavy atom. The highest BCUT2D eigenvalue weighted by molar-refractivity contribution is 8.00. The summed E-state index contributed by atoms with van der Waals surface area (Å²) in [6, 6.07) is 0. The minimum Gasteiger partial charge on any atom is -0.379 e. The van der Waals surface area contributed by atoms with Gasteiger partial charge < -0.3 is 15.0 Å². The standard InChI is InChI=1S/C19H36N4OS2/c1-4-20-18(22-8-12-26-17(13-22)16(2)3)21-14-19(5-11-25-15-19)23-6-9-24-10-7-23/h16-17H,4-15H2,1-3H3,(H,20,21). The minimum absolute atomic E-state index is 0.233. The maximum absolute atomic E-state index is 5.59. The number of guanidine groups is 1. The number of hydrogen-bond donors (Lipinski definition) is 1. The van der Waals surface area contributed by atoms with E-state index in [1.54, 1.807) is 0 Å². The molecule has 26 heavy (non-hydrogen) atoms. The van der Waals surface area contributed by atoms with Gasteiger partial charge in [-0.05, 0) is 25.0 Å². The van der Waals surface area contributed by atoms with Crippen LogP contribution in [-0.4, -0.2) is 96.3 Å². The summed E-state index contributed by atoms with van der Waals surface area (Å²) >= 11 is 4.22. The second-order valence-electron chi connectivity index (χ2n) is 7.90. The molecule has 3 fully saturated rings. The van der Waals surface area contributed by atoms with Gasteiger partial charge in [0.25, 0.3) is 0 Å². The maximum Gasteiger partial charge on any atom is 0.194 e. The van der Waals surface area contributed by atoms with Crippen molar-refractivity contribution < 1.29 is 4.74 Å². The van der Waals surface area contributed by atoms with Crippen LogP contribution in [0, 0.1) is 5.92 Å². The van der Waals surface area contributed by atoms with E-state index in [2.05, 4.69) is 59.4 Å². The van der Waals surface area contributed by atoms with E-state index < -0.39 is 0 Å². The summed E-state index contributed by atoms with van der Waals surface area (Å²) in [6.45, 7) is 14.8. The van der Waals surface area contributed by atoms with Crippen LogP contribution >= 0.6 is 23.5 Å². The van der Waals surface area contributed by atoms with Crippen molar-refractivity contribution >= 4 is 29.5 Å². The van der Waals surface area contributed by atoms with E-state index in [4.69, 9.17) is 9.73 Å². The first-order chi connectivity index (χ1) is 12.6. The number of ether oxygens (including phenoxy) is 1. The molecule has 5 nitrogen and oxygen atoms in total. The topological polar surface area (TPSA) is 40.1 Å². The van der Waals surface area contributed by atoms with Crippen LogP contribution in [0.5, 0.6) is 0 Å². The van der Waals surface area contributed by atoms with Gasteiger partial charge in [-0.25, -0.2) is 0 Å². The summed E-state index contributed by atoms with van der Waals surface area (Å²) in [6.07, 6.45) is 1.26. The third kappa shape index (κ3) is 5.03. The first-order valence-electron chi connectivity index (χ1n) is 10.2. The van der Waals surface area contributed by atoms with Crippen LogP contribution in [0.1, 0.15) is 27.2 Å². The number of hydrogen-bond acceptors (Lipinski definition) is 5. The van der Waals surface area contributed by atoms with E-state index in [9.17, 15) is 0 Å². The van der Waals surface area contributed by atoms with Crippen LogP contribution in [0.4, 0.5) is 0 Å². The number of rotatable bonds is 5. The molecule has 0 saturated carbocycles. The molecule has 3 saturated heterocycles. The summed E-state index contributed by atoms with van der Waals surface area (Å²) in [4.78, 5) is 10.3. The van der Waals surface area contributed by atoms with Crippen molar-refractivity contribution in [2.45, 2.75) is 38.0 Å². The largest absolute Gasteiger partial charge is 0.379 e. The van der Waals surface area contributed by atoms with Gasteiger partial charge in [0.2, 0.25) is 0 Å². The SMILES string of the molecule is CCNC(=NCC1(N2CCOCC2)CCSC1)N1CCSC(C(C)C)C1. The van der Waals surface area contributed by atoms with E-state index in [-0.39, 0.29) is 5.54 Å². The van der Waals surface area contributed by atoms with Crippen LogP contribution in [0.25, 0.3) is 0 Å². The Morgan fingerprint density at radius 3 is 2.73 bits per heavy atom. The zero-order chi connectivity index (χ0) is 18.4. The highest BCUT2D eigenvalue weighted by Gasteiger charge is 2.40. The predicted molar refractivity (Wildman–Crippen MR) is 116 cm³/mol. The third-order valence-electron chi connectivity index (χ3n) is 5.76. The highest BCUT2D eigenvalue weighted by Crippen LogP contribution is 2.34. The molecule has 0 aromatic rings. The van der Waals surface area contributed by atoms with Crippen LogP contribution in [0.15, 0.2) is 4.99 Å². The molecule has 0 amide bonds. The van der Waals surface area contributed by atoms with E-state index in [0.29, 0.717) is 5.25 Å². The maximum atomic E-state index is 5.59. The fraction of sp³-hybridized carbons (Fsp3) is 0.947. The van der Waals surface area contributed by atoms with Crippen molar-refractivity contribution in [1.82, 2.24) is 15.1 Å². The van der Waals surface area contributed by atoms with Crippen LogP contribution in [-0.2, 0) is 4.74 Å². The van der Waals surface area contributed by atoms with Gasteiger partial charge in [-0.2, -0.15) is 23.5 Å². The van der Waals surface area contributed by atoms with Crippen LogP contribution < -0.4 is 5.32 Å². The van der Waals surface area contributed by atoms with Gasteiger partial charge in [-0.3, -0.25) is 9.89 Å². The molecule has 3 heterocycles. The van der Waals surface area contributed by atoms with Gasteiger partial charge in [0.15, 0.2) is 5.96 Å². The van der Waals surface area contributed by atoms with E-state index in [1.807, 2.05) is 0 Å². The number of aliphatic imine (C=N–C) groups is 1. The Labute approximate surface area is 168 Å². The first kappa shape index (κ1) is 20.6. The summed E-state index contributed by atoms with van der Waals surface area (Å²) in [5.41, 5.74) is 0.233. The normalized spacial score (nSPS) is 31.6. The lowest BCUT2D eigenvalue weighted by Crippen LogP contribution is -2.56. The number of morpholine rings is 1. The highest BCUT2D eigenvalue weighted by atomic mass is 32.2. The molecule has 3 aliphatic heterocycles. The molecule has 2 unspecified atom stereocenters. The Hall–Kier alpha value is -0.110. The van der Waals surface area contributed by atoms with Crippen molar-refractivity contribution in [3.63, 3.8) is 0 Å². The summed E-state index contributed by atoms with van der Waals surface area (Å²) < 4.78 is 5.59.